The van der Waals surface area contributed by atoms with Gasteiger partial charge in [0, 0.05) is 11.6 Å². The molecule has 0 aromatic heterocycles. The number of carbonyl (C=O) groups is 3. The van der Waals surface area contributed by atoms with Gasteiger partial charge in [0.05, 0.1) is 13.2 Å². The van der Waals surface area contributed by atoms with Crippen LogP contribution in [-0.2, 0) is 19.1 Å². The highest BCUT2D eigenvalue weighted by atomic mass is 35.5. The fourth-order valence-electron chi connectivity index (χ4n) is 4.18. The van der Waals surface area contributed by atoms with Gasteiger partial charge in [-0.2, -0.15) is 0 Å². The quantitative estimate of drug-likeness (QED) is 0.0449. The number of unbranched alkanes of at least 4 members (excludes halogenated alkanes) is 8. The van der Waals surface area contributed by atoms with Crippen LogP contribution in [-0.4, -0.2) is 36.5 Å². The van der Waals surface area contributed by atoms with E-state index in [4.69, 9.17) is 30.5 Å². The van der Waals surface area contributed by atoms with Crippen LogP contribution in [0.1, 0.15) is 90.5 Å². The number of hydrogen-bond donors (Lipinski definition) is 0. The Kier molecular flexibility index (Phi) is 17.6. The third-order valence-electron chi connectivity index (χ3n) is 6.63. The molecule has 0 bridgehead atoms. The Morgan fingerprint density at radius 3 is 1.80 bits per heavy atom. The SMILES string of the molecule is C=C(C)C(=O)OCCCCCCCCCCCOc1ccc(/C=C/C(=O)Oc2ccc(OC(=O)C(Cl)CC(C)C)cc2)cc1. The maximum Gasteiger partial charge on any atom is 0.336 e. The number of alkyl halides is 1. The smallest absolute Gasteiger partial charge is 0.336 e. The van der Waals surface area contributed by atoms with Crippen molar-refractivity contribution in [2.75, 3.05) is 13.2 Å². The van der Waals surface area contributed by atoms with Crippen LogP contribution in [0.4, 0.5) is 0 Å². The number of benzene rings is 2. The lowest BCUT2D eigenvalue weighted by Gasteiger charge is -2.11. The number of halogens is 1. The summed E-state index contributed by atoms with van der Waals surface area (Å²) >= 11 is 6.08. The minimum absolute atomic E-state index is 0.282. The molecule has 2 aromatic rings. The van der Waals surface area contributed by atoms with Crippen LogP contribution in [0.2, 0.25) is 0 Å². The molecule has 0 aliphatic carbocycles. The van der Waals surface area contributed by atoms with Crippen molar-refractivity contribution in [3.63, 3.8) is 0 Å². The standard InChI is InChI=1S/C36H47ClO7/c1-27(2)26-33(37)36(40)44-32-21-19-31(20-22-32)43-34(38)23-16-29-14-17-30(18-15-29)41-24-12-10-8-6-5-7-9-11-13-25-42-35(39)28(3)4/h14-23,27,33H,3,5-13,24-26H2,1-2,4H3/b23-16+. The summed E-state index contributed by atoms with van der Waals surface area (Å²) in [5.74, 6) is 0.427. The van der Waals surface area contributed by atoms with E-state index in [0.29, 0.717) is 36.7 Å². The predicted molar refractivity (Wildman–Crippen MR) is 175 cm³/mol. The number of rotatable bonds is 21. The third-order valence-corrected chi connectivity index (χ3v) is 6.98. The fraction of sp³-hybridized carbons (Fsp3) is 0.472. The van der Waals surface area contributed by atoms with Gasteiger partial charge in [-0.05, 0) is 80.1 Å². The molecule has 1 unspecified atom stereocenters. The maximum atomic E-state index is 12.2. The van der Waals surface area contributed by atoms with Gasteiger partial charge in [-0.15, -0.1) is 11.6 Å². The summed E-state index contributed by atoms with van der Waals surface area (Å²) in [5.41, 5.74) is 1.30. The highest BCUT2D eigenvalue weighted by Gasteiger charge is 2.19. The van der Waals surface area contributed by atoms with Gasteiger partial charge in [0.2, 0.25) is 0 Å². The number of esters is 3. The van der Waals surface area contributed by atoms with Gasteiger partial charge in [-0.1, -0.05) is 77.5 Å². The zero-order valence-corrected chi connectivity index (χ0v) is 27.1. The molecule has 240 valence electrons. The Labute approximate surface area is 267 Å². The Balaban J connectivity index is 1.55. The second kappa shape index (κ2) is 21.2. The highest BCUT2D eigenvalue weighted by molar-refractivity contribution is 6.30. The molecule has 44 heavy (non-hydrogen) atoms. The largest absolute Gasteiger partial charge is 0.494 e. The van der Waals surface area contributed by atoms with Crippen molar-refractivity contribution < 1.29 is 33.3 Å². The van der Waals surface area contributed by atoms with Crippen molar-refractivity contribution >= 4 is 35.6 Å². The molecule has 8 heteroatoms. The Morgan fingerprint density at radius 1 is 0.750 bits per heavy atom. The maximum absolute atomic E-state index is 12.2. The van der Waals surface area contributed by atoms with Crippen molar-refractivity contribution in [3.05, 3.63) is 72.3 Å². The Hall–Kier alpha value is -3.58. The molecular formula is C36H47ClO7. The first kappa shape index (κ1) is 36.6. The van der Waals surface area contributed by atoms with Gasteiger partial charge < -0.3 is 18.9 Å². The molecule has 0 fully saturated rings. The Bertz CT molecular complexity index is 1190. The summed E-state index contributed by atoms with van der Waals surface area (Å²) in [6.45, 7) is 10.4. The topological polar surface area (TPSA) is 88.1 Å². The summed E-state index contributed by atoms with van der Waals surface area (Å²) in [5, 5.41) is -0.708. The van der Waals surface area contributed by atoms with E-state index in [1.54, 1.807) is 37.3 Å². The lowest BCUT2D eigenvalue weighted by atomic mass is 10.1. The molecule has 0 amide bonds. The normalized spacial score (nSPS) is 11.8. The molecule has 0 saturated carbocycles. The molecule has 0 heterocycles. The van der Waals surface area contributed by atoms with Crippen LogP contribution in [0.3, 0.4) is 0 Å². The third kappa shape index (κ3) is 16.3. The fourth-order valence-corrected chi connectivity index (χ4v) is 4.58. The van der Waals surface area contributed by atoms with E-state index < -0.39 is 17.3 Å². The van der Waals surface area contributed by atoms with Gasteiger partial charge in [-0.3, -0.25) is 4.79 Å². The average molecular weight is 627 g/mol. The number of carbonyl (C=O) groups excluding carboxylic acids is 3. The molecule has 0 radical (unpaired) electrons. The van der Waals surface area contributed by atoms with Gasteiger partial charge in [0.25, 0.3) is 0 Å². The molecule has 1 atom stereocenters. The van der Waals surface area contributed by atoms with Crippen LogP contribution in [0.25, 0.3) is 6.08 Å². The zero-order valence-electron chi connectivity index (χ0n) is 26.4. The highest BCUT2D eigenvalue weighted by Crippen LogP contribution is 2.21. The molecular weight excluding hydrogens is 580 g/mol. The van der Waals surface area contributed by atoms with E-state index in [1.165, 1.54) is 38.2 Å². The van der Waals surface area contributed by atoms with Crippen molar-refractivity contribution in [1.82, 2.24) is 0 Å². The van der Waals surface area contributed by atoms with Gasteiger partial charge in [0.15, 0.2) is 0 Å². The number of ether oxygens (including phenoxy) is 4. The van der Waals surface area contributed by atoms with Crippen molar-refractivity contribution in [2.45, 2.75) is 90.4 Å². The predicted octanol–water partition coefficient (Wildman–Crippen LogP) is 8.87. The number of hydrogen-bond acceptors (Lipinski definition) is 7. The van der Waals surface area contributed by atoms with E-state index in [-0.39, 0.29) is 11.9 Å². The molecule has 0 saturated heterocycles. The van der Waals surface area contributed by atoms with Gasteiger partial charge in [-0.25, -0.2) is 9.59 Å². The van der Waals surface area contributed by atoms with Crippen LogP contribution in [0.15, 0.2) is 66.8 Å². The second-order valence-electron chi connectivity index (χ2n) is 11.3. The molecule has 7 nitrogen and oxygen atoms in total. The minimum Gasteiger partial charge on any atom is -0.494 e. The first-order valence-corrected chi connectivity index (χ1v) is 16.0. The summed E-state index contributed by atoms with van der Waals surface area (Å²) < 4.78 is 21.6. The first-order valence-electron chi connectivity index (χ1n) is 15.5. The van der Waals surface area contributed by atoms with Crippen molar-refractivity contribution in [2.24, 2.45) is 5.92 Å². The van der Waals surface area contributed by atoms with Crippen molar-refractivity contribution in [1.29, 1.82) is 0 Å². The first-order chi connectivity index (χ1) is 21.1. The van der Waals surface area contributed by atoms with Crippen LogP contribution in [0.5, 0.6) is 17.2 Å². The monoisotopic (exact) mass is 626 g/mol. The van der Waals surface area contributed by atoms with Crippen LogP contribution < -0.4 is 14.2 Å². The summed E-state index contributed by atoms with van der Waals surface area (Å²) in [4.78, 5) is 35.6. The summed E-state index contributed by atoms with van der Waals surface area (Å²) in [6, 6.07) is 13.8. The zero-order chi connectivity index (χ0) is 32.2. The molecule has 2 rings (SSSR count). The van der Waals surface area contributed by atoms with E-state index in [1.807, 2.05) is 38.1 Å². The molecule has 2 aromatic carbocycles. The van der Waals surface area contributed by atoms with E-state index in [9.17, 15) is 14.4 Å². The van der Waals surface area contributed by atoms with E-state index >= 15 is 0 Å². The van der Waals surface area contributed by atoms with E-state index in [2.05, 4.69) is 6.58 Å². The van der Waals surface area contributed by atoms with Crippen molar-refractivity contribution in [3.8, 4) is 17.2 Å². The van der Waals surface area contributed by atoms with Crippen LogP contribution >= 0.6 is 11.6 Å². The van der Waals surface area contributed by atoms with Crippen LogP contribution in [0, 0.1) is 5.92 Å². The van der Waals surface area contributed by atoms with Gasteiger partial charge >= 0.3 is 17.9 Å². The minimum atomic E-state index is -0.708. The second-order valence-corrected chi connectivity index (χ2v) is 11.8. The molecule has 0 aliphatic rings. The lowest BCUT2D eigenvalue weighted by Crippen LogP contribution is -2.22. The molecule has 0 spiro atoms. The summed E-state index contributed by atoms with van der Waals surface area (Å²) in [6.07, 6.45) is 13.7. The average Bonchev–Trinajstić information content (AvgIpc) is 2.99. The Morgan fingerprint density at radius 2 is 1.25 bits per heavy atom. The summed E-state index contributed by atoms with van der Waals surface area (Å²) in [7, 11) is 0. The molecule has 0 aliphatic heterocycles. The van der Waals surface area contributed by atoms with E-state index in [0.717, 1.165) is 37.0 Å². The lowest BCUT2D eigenvalue weighted by molar-refractivity contribution is -0.139. The molecule has 0 N–H and O–H groups in total. The van der Waals surface area contributed by atoms with Gasteiger partial charge in [0.1, 0.15) is 22.6 Å².